The van der Waals surface area contributed by atoms with Gasteiger partial charge in [0.15, 0.2) is 0 Å². The Morgan fingerprint density at radius 1 is 1.23 bits per heavy atom. The van der Waals surface area contributed by atoms with Crippen LogP contribution in [0.1, 0.15) is 33.1 Å². The van der Waals surface area contributed by atoms with Gasteiger partial charge in [-0.25, -0.2) is 0 Å². The average Bonchev–Trinajstić information content (AvgIpc) is 2.45. The van der Waals surface area contributed by atoms with Gasteiger partial charge in [-0.05, 0) is 49.9 Å². The maximum atomic E-state index is 6.07. The lowest BCUT2D eigenvalue weighted by Gasteiger charge is -2.20. The van der Waals surface area contributed by atoms with Gasteiger partial charge in [0.25, 0.3) is 0 Å². The molecule has 0 unspecified atom stereocenters. The van der Waals surface area contributed by atoms with Crippen molar-refractivity contribution >= 4 is 23.2 Å². The van der Waals surface area contributed by atoms with E-state index in [4.69, 9.17) is 34.4 Å². The molecular weight excluding hydrogens is 317 g/mol. The lowest BCUT2D eigenvalue weighted by atomic mass is 10.1. The van der Waals surface area contributed by atoms with Crippen LogP contribution in [0.15, 0.2) is 18.2 Å². The first-order valence-electron chi connectivity index (χ1n) is 7.76. The Morgan fingerprint density at radius 3 is 2.59 bits per heavy atom. The van der Waals surface area contributed by atoms with E-state index in [1.807, 2.05) is 0 Å². The smallest absolute Gasteiger partial charge is 0.137 e. The molecule has 0 aliphatic carbocycles. The van der Waals surface area contributed by atoms with E-state index < -0.39 is 0 Å². The minimum atomic E-state index is 0.546. The maximum Gasteiger partial charge on any atom is 0.137 e. The van der Waals surface area contributed by atoms with E-state index in [0.29, 0.717) is 28.9 Å². The lowest BCUT2D eigenvalue weighted by molar-refractivity contribution is 0.245. The van der Waals surface area contributed by atoms with Crippen LogP contribution in [0.25, 0.3) is 0 Å². The van der Waals surface area contributed by atoms with Crippen molar-refractivity contribution in [3.63, 3.8) is 0 Å². The van der Waals surface area contributed by atoms with Crippen molar-refractivity contribution in [2.24, 2.45) is 5.92 Å². The highest BCUT2D eigenvalue weighted by Crippen LogP contribution is 2.27. The van der Waals surface area contributed by atoms with Gasteiger partial charge in [-0.3, -0.25) is 4.90 Å². The fraction of sp³-hybridized carbons (Fsp3) is 0.556. The molecule has 0 radical (unpaired) electrons. The zero-order chi connectivity index (χ0) is 16.4. The molecule has 1 aromatic carbocycles. The van der Waals surface area contributed by atoms with Crippen LogP contribution in [0.4, 0.5) is 0 Å². The highest BCUT2D eigenvalue weighted by molar-refractivity contribution is 6.35. The molecule has 2 nitrogen and oxygen atoms in total. The molecule has 4 heteroatoms. The summed E-state index contributed by atoms with van der Waals surface area (Å²) in [6.45, 7) is 7.79. The van der Waals surface area contributed by atoms with Crippen LogP contribution in [0.3, 0.4) is 0 Å². The van der Waals surface area contributed by atoms with Crippen molar-refractivity contribution in [3.05, 3.63) is 28.2 Å². The summed E-state index contributed by atoms with van der Waals surface area (Å²) in [7, 11) is 0. The van der Waals surface area contributed by atoms with E-state index in [0.717, 1.165) is 25.4 Å². The number of hydrogen-bond acceptors (Lipinski definition) is 2. The summed E-state index contributed by atoms with van der Waals surface area (Å²) in [6.07, 6.45) is 8.77. The molecule has 1 rings (SSSR count). The van der Waals surface area contributed by atoms with Gasteiger partial charge in [0.1, 0.15) is 5.75 Å². The van der Waals surface area contributed by atoms with Gasteiger partial charge >= 0.3 is 0 Å². The first kappa shape index (κ1) is 19.2. The molecule has 0 fully saturated rings. The van der Waals surface area contributed by atoms with E-state index >= 15 is 0 Å². The molecule has 122 valence electrons. The summed E-state index contributed by atoms with van der Waals surface area (Å²) in [5.74, 6) is 4.14. The molecular formula is C18H25Cl2NO. The molecule has 0 atom stereocenters. The van der Waals surface area contributed by atoms with Crippen molar-refractivity contribution in [2.75, 3.05) is 26.2 Å². The zero-order valence-corrected chi connectivity index (χ0v) is 15.0. The zero-order valence-electron chi connectivity index (χ0n) is 13.4. The highest BCUT2D eigenvalue weighted by atomic mass is 35.5. The van der Waals surface area contributed by atoms with Crippen molar-refractivity contribution in [3.8, 4) is 18.1 Å². The summed E-state index contributed by atoms with van der Waals surface area (Å²) >= 11 is 11.9. The Kier molecular flexibility index (Phi) is 9.39. The lowest BCUT2D eigenvalue weighted by Crippen LogP contribution is -2.27. The number of nitrogens with zero attached hydrogens (tertiary/aromatic N) is 1. The largest absolute Gasteiger partial charge is 0.492 e. The fourth-order valence-electron chi connectivity index (χ4n) is 2.18. The van der Waals surface area contributed by atoms with Gasteiger partial charge in [0, 0.05) is 11.6 Å². The standard InChI is InChI=1S/C18H25Cl2NO/c1-4-10-21(11-5-7-15(2)3)12-6-13-22-18-9-8-16(19)14-17(18)20/h1,8-9,14-15H,5-7,10-13H2,2-3H3. The molecule has 0 saturated heterocycles. The van der Waals surface area contributed by atoms with Crippen LogP contribution in [0.5, 0.6) is 5.75 Å². The van der Waals surface area contributed by atoms with Crippen LogP contribution in [-0.2, 0) is 0 Å². The van der Waals surface area contributed by atoms with Crippen molar-refractivity contribution in [1.29, 1.82) is 0 Å². The van der Waals surface area contributed by atoms with Crippen LogP contribution < -0.4 is 4.74 Å². The second-order valence-corrected chi connectivity index (χ2v) is 6.64. The number of ether oxygens (including phenoxy) is 1. The van der Waals surface area contributed by atoms with Gasteiger partial charge in [-0.2, -0.15) is 0 Å². The fourth-order valence-corrected chi connectivity index (χ4v) is 2.65. The minimum absolute atomic E-state index is 0.546. The molecule has 0 aliphatic rings. The summed E-state index contributed by atoms with van der Waals surface area (Å²) in [5.41, 5.74) is 0. The van der Waals surface area contributed by atoms with Gasteiger partial charge in [0.2, 0.25) is 0 Å². The molecule has 0 bridgehead atoms. The normalized spacial score (nSPS) is 11.0. The van der Waals surface area contributed by atoms with Crippen LogP contribution in [-0.4, -0.2) is 31.1 Å². The second-order valence-electron chi connectivity index (χ2n) is 5.79. The van der Waals surface area contributed by atoms with E-state index in [1.54, 1.807) is 18.2 Å². The van der Waals surface area contributed by atoms with E-state index in [9.17, 15) is 0 Å². The Bertz CT molecular complexity index is 482. The molecule has 1 aromatic rings. The van der Waals surface area contributed by atoms with Crippen molar-refractivity contribution in [1.82, 2.24) is 4.90 Å². The van der Waals surface area contributed by atoms with E-state index in [1.165, 1.54) is 12.8 Å². The quantitative estimate of drug-likeness (QED) is 0.431. The predicted molar refractivity (Wildman–Crippen MR) is 95.9 cm³/mol. The predicted octanol–water partition coefficient (Wildman–Crippen LogP) is 5.13. The molecule has 0 saturated carbocycles. The van der Waals surface area contributed by atoms with Gasteiger partial charge < -0.3 is 4.74 Å². The average molecular weight is 342 g/mol. The Balaban J connectivity index is 2.28. The highest BCUT2D eigenvalue weighted by Gasteiger charge is 2.06. The van der Waals surface area contributed by atoms with Crippen molar-refractivity contribution < 1.29 is 4.74 Å². The van der Waals surface area contributed by atoms with Gasteiger partial charge in [-0.15, -0.1) is 6.42 Å². The number of rotatable bonds is 10. The molecule has 0 spiro atoms. The first-order valence-corrected chi connectivity index (χ1v) is 8.52. The molecule has 22 heavy (non-hydrogen) atoms. The van der Waals surface area contributed by atoms with Crippen LogP contribution >= 0.6 is 23.2 Å². The van der Waals surface area contributed by atoms with Crippen LogP contribution in [0, 0.1) is 18.3 Å². The maximum absolute atomic E-state index is 6.07. The SMILES string of the molecule is C#CCN(CCCOc1ccc(Cl)cc1Cl)CCCC(C)C. The summed E-state index contributed by atoms with van der Waals surface area (Å²) < 4.78 is 5.69. The Labute approximate surface area is 144 Å². The van der Waals surface area contributed by atoms with Crippen LogP contribution in [0.2, 0.25) is 10.0 Å². The number of terminal acetylenes is 1. The van der Waals surface area contributed by atoms with Gasteiger partial charge in [-0.1, -0.05) is 43.0 Å². The molecule has 0 N–H and O–H groups in total. The van der Waals surface area contributed by atoms with Gasteiger partial charge in [0.05, 0.1) is 18.2 Å². The third-order valence-corrected chi connectivity index (χ3v) is 3.87. The Morgan fingerprint density at radius 2 is 1.95 bits per heavy atom. The second kappa shape index (κ2) is 10.8. The monoisotopic (exact) mass is 341 g/mol. The number of hydrogen-bond donors (Lipinski definition) is 0. The van der Waals surface area contributed by atoms with E-state index in [2.05, 4.69) is 24.7 Å². The van der Waals surface area contributed by atoms with E-state index in [-0.39, 0.29) is 0 Å². The third-order valence-electron chi connectivity index (χ3n) is 3.34. The molecule has 0 aromatic heterocycles. The summed E-state index contributed by atoms with van der Waals surface area (Å²) in [5, 5.41) is 1.16. The number of benzene rings is 1. The molecule has 0 amide bonds. The topological polar surface area (TPSA) is 12.5 Å². The molecule has 0 heterocycles. The summed E-state index contributed by atoms with van der Waals surface area (Å²) in [4.78, 5) is 2.30. The summed E-state index contributed by atoms with van der Waals surface area (Å²) in [6, 6.07) is 5.26. The van der Waals surface area contributed by atoms with Crippen molar-refractivity contribution in [2.45, 2.75) is 33.1 Å². The third kappa shape index (κ3) is 7.94. The first-order chi connectivity index (χ1) is 10.5. The number of halogens is 2. The minimum Gasteiger partial charge on any atom is -0.492 e. The Hall–Kier alpha value is -0.880. The molecule has 0 aliphatic heterocycles.